The number of amides is 2. The molecule has 6 heteroatoms. The lowest BCUT2D eigenvalue weighted by Crippen LogP contribution is -2.49. The van der Waals surface area contributed by atoms with Gasteiger partial charge < -0.3 is 15.1 Å². The molecule has 24 heavy (non-hydrogen) atoms. The fourth-order valence-corrected chi connectivity index (χ4v) is 4.03. The van der Waals surface area contributed by atoms with Crippen LogP contribution in [0.1, 0.15) is 19.3 Å². The summed E-state index contributed by atoms with van der Waals surface area (Å²) in [4.78, 5) is 30.1. The molecule has 130 valence electrons. The lowest BCUT2D eigenvalue weighted by atomic mass is 10.0. The number of carbonyl (C=O) groups is 2. The van der Waals surface area contributed by atoms with Gasteiger partial charge >= 0.3 is 0 Å². The zero-order chi connectivity index (χ0) is 17.1. The van der Waals surface area contributed by atoms with E-state index in [1.165, 1.54) is 0 Å². The zero-order valence-electron chi connectivity index (χ0n) is 14.3. The van der Waals surface area contributed by atoms with Crippen molar-refractivity contribution < 1.29 is 9.59 Å². The van der Waals surface area contributed by atoms with Gasteiger partial charge in [0, 0.05) is 42.7 Å². The predicted octanol–water partition coefficient (Wildman–Crippen LogP) is 1.97. The minimum absolute atomic E-state index is 0.0498. The molecule has 2 aliphatic rings. The molecule has 1 aromatic carbocycles. The fourth-order valence-electron chi connectivity index (χ4n) is 3.57. The minimum Gasteiger partial charge on any atom is -0.341 e. The number of piperidine rings is 1. The Bertz CT molecular complexity index is 622. The van der Waals surface area contributed by atoms with E-state index in [9.17, 15) is 9.59 Å². The second-order valence-corrected chi connectivity index (χ2v) is 7.40. The van der Waals surface area contributed by atoms with E-state index >= 15 is 0 Å². The number of hydrogen-bond donors (Lipinski definition) is 1. The highest BCUT2D eigenvalue weighted by Gasteiger charge is 2.38. The maximum atomic E-state index is 12.8. The molecule has 2 amide bonds. The first-order valence-electron chi connectivity index (χ1n) is 8.53. The number of anilines is 1. The number of thioether (sulfide) groups is 1. The van der Waals surface area contributed by atoms with Crippen LogP contribution in [-0.2, 0) is 9.59 Å². The lowest BCUT2D eigenvalue weighted by Gasteiger charge is -2.34. The largest absolute Gasteiger partial charge is 0.341 e. The Morgan fingerprint density at radius 1 is 1.33 bits per heavy atom. The molecule has 0 aliphatic carbocycles. The SMILES string of the molecule is CNC1CCCN(C(=O)C2CC(=O)N(c3cccc(SC)c3)C2)C1. The summed E-state index contributed by atoms with van der Waals surface area (Å²) in [6.45, 7) is 2.06. The molecule has 5 nitrogen and oxygen atoms in total. The van der Waals surface area contributed by atoms with Crippen LogP contribution in [0.15, 0.2) is 29.2 Å². The van der Waals surface area contributed by atoms with Crippen LogP contribution < -0.4 is 10.2 Å². The number of nitrogens with zero attached hydrogens (tertiary/aromatic N) is 2. The summed E-state index contributed by atoms with van der Waals surface area (Å²) in [7, 11) is 1.94. The van der Waals surface area contributed by atoms with E-state index in [1.807, 2.05) is 42.5 Å². The second-order valence-electron chi connectivity index (χ2n) is 6.52. The average molecular weight is 347 g/mol. The van der Waals surface area contributed by atoms with Crippen molar-refractivity contribution in [1.82, 2.24) is 10.2 Å². The van der Waals surface area contributed by atoms with Crippen LogP contribution in [0, 0.1) is 5.92 Å². The maximum absolute atomic E-state index is 12.8. The number of benzene rings is 1. The van der Waals surface area contributed by atoms with Gasteiger partial charge in [0.1, 0.15) is 0 Å². The molecule has 2 aliphatic heterocycles. The maximum Gasteiger partial charge on any atom is 0.228 e. The van der Waals surface area contributed by atoms with Crippen LogP contribution in [0.4, 0.5) is 5.69 Å². The summed E-state index contributed by atoms with van der Waals surface area (Å²) in [5.74, 6) is -0.0355. The Hall–Kier alpha value is -1.53. The molecular weight excluding hydrogens is 322 g/mol. The quantitative estimate of drug-likeness (QED) is 0.846. The third-order valence-corrected chi connectivity index (χ3v) is 5.71. The van der Waals surface area contributed by atoms with Crippen molar-refractivity contribution in [3.63, 3.8) is 0 Å². The van der Waals surface area contributed by atoms with Crippen LogP contribution >= 0.6 is 11.8 Å². The summed E-state index contributed by atoms with van der Waals surface area (Å²) in [6.07, 6.45) is 4.48. The highest BCUT2D eigenvalue weighted by Crippen LogP contribution is 2.29. The Kier molecular flexibility index (Phi) is 5.46. The zero-order valence-corrected chi connectivity index (χ0v) is 15.1. The standard InChI is InChI=1S/C18H25N3O2S/c1-19-14-5-4-8-20(12-14)18(23)13-9-17(22)21(11-13)15-6-3-7-16(10-15)24-2/h3,6-7,10,13-14,19H,4-5,8-9,11-12H2,1-2H3. The number of rotatable bonds is 4. The van der Waals surface area contributed by atoms with Gasteiger partial charge in [-0.2, -0.15) is 0 Å². The van der Waals surface area contributed by atoms with Crippen molar-refractivity contribution in [2.45, 2.75) is 30.2 Å². The van der Waals surface area contributed by atoms with Crippen molar-refractivity contribution in [1.29, 1.82) is 0 Å². The van der Waals surface area contributed by atoms with Gasteiger partial charge in [-0.25, -0.2) is 0 Å². The summed E-state index contributed by atoms with van der Waals surface area (Å²) in [5.41, 5.74) is 0.897. The van der Waals surface area contributed by atoms with Gasteiger partial charge in [-0.05, 0) is 44.3 Å². The molecular formula is C18H25N3O2S. The van der Waals surface area contributed by atoms with Crippen LogP contribution in [-0.4, -0.2) is 55.7 Å². The molecule has 2 heterocycles. The van der Waals surface area contributed by atoms with Gasteiger partial charge in [0.15, 0.2) is 0 Å². The van der Waals surface area contributed by atoms with E-state index in [4.69, 9.17) is 0 Å². The molecule has 3 rings (SSSR count). The second kappa shape index (κ2) is 7.57. The first-order chi connectivity index (χ1) is 11.6. The Labute approximate surface area is 147 Å². The van der Waals surface area contributed by atoms with Crippen LogP contribution in [0.25, 0.3) is 0 Å². The normalized spacial score (nSPS) is 24.5. The fraction of sp³-hybridized carbons (Fsp3) is 0.556. The number of likely N-dealkylation sites (tertiary alicyclic amines) is 1. The topological polar surface area (TPSA) is 52.7 Å². The van der Waals surface area contributed by atoms with E-state index in [2.05, 4.69) is 5.32 Å². The molecule has 0 radical (unpaired) electrons. The summed E-state index contributed by atoms with van der Waals surface area (Å²) < 4.78 is 0. The molecule has 2 fully saturated rings. The summed E-state index contributed by atoms with van der Waals surface area (Å²) in [5, 5.41) is 3.26. The first-order valence-corrected chi connectivity index (χ1v) is 9.75. The average Bonchev–Trinajstić information content (AvgIpc) is 3.03. The molecule has 0 aromatic heterocycles. The number of hydrogen-bond acceptors (Lipinski definition) is 4. The monoisotopic (exact) mass is 347 g/mol. The predicted molar refractivity (Wildman–Crippen MR) is 97.3 cm³/mol. The van der Waals surface area contributed by atoms with Gasteiger partial charge in [0.25, 0.3) is 0 Å². The van der Waals surface area contributed by atoms with Crippen molar-refractivity contribution in [2.75, 3.05) is 37.8 Å². The van der Waals surface area contributed by atoms with E-state index in [1.54, 1.807) is 16.7 Å². The molecule has 2 atom stereocenters. The van der Waals surface area contributed by atoms with Crippen molar-refractivity contribution >= 4 is 29.3 Å². The van der Waals surface area contributed by atoms with E-state index in [0.29, 0.717) is 19.0 Å². The molecule has 2 unspecified atom stereocenters. The van der Waals surface area contributed by atoms with Crippen molar-refractivity contribution in [3.8, 4) is 0 Å². The highest BCUT2D eigenvalue weighted by molar-refractivity contribution is 7.98. The minimum atomic E-state index is -0.217. The summed E-state index contributed by atoms with van der Waals surface area (Å²) in [6, 6.07) is 8.33. The Morgan fingerprint density at radius 3 is 2.92 bits per heavy atom. The Balaban J connectivity index is 1.68. The van der Waals surface area contributed by atoms with E-state index < -0.39 is 0 Å². The van der Waals surface area contributed by atoms with E-state index in [0.717, 1.165) is 36.5 Å². The Morgan fingerprint density at radius 2 is 2.17 bits per heavy atom. The first kappa shape index (κ1) is 17.3. The van der Waals surface area contributed by atoms with Gasteiger partial charge in [0.05, 0.1) is 5.92 Å². The van der Waals surface area contributed by atoms with Crippen molar-refractivity contribution in [3.05, 3.63) is 24.3 Å². The van der Waals surface area contributed by atoms with Gasteiger partial charge in [-0.1, -0.05) is 6.07 Å². The van der Waals surface area contributed by atoms with Gasteiger partial charge in [0.2, 0.25) is 11.8 Å². The van der Waals surface area contributed by atoms with E-state index in [-0.39, 0.29) is 17.7 Å². The molecule has 2 saturated heterocycles. The van der Waals surface area contributed by atoms with Gasteiger partial charge in [-0.3, -0.25) is 9.59 Å². The van der Waals surface area contributed by atoms with Crippen LogP contribution in [0.2, 0.25) is 0 Å². The molecule has 0 bridgehead atoms. The highest BCUT2D eigenvalue weighted by atomic mass is 32.2. The van der Waals surface area contributed by atoms with Crippen molar-refractivity contribution in [2.24, 2.45) is 5.92 Å². The third-order valence-electron chi connectivity index (χ3n) is 4.98. The number of likely N-dealkylation sites (N-methyl/N-ethyl adjacent to an activating group) is 1. The lowest BCUT2D eigenvalue weighted by molar-refractivity contribution is -0.137. The summed E-state index contributed by atoms with van der Waals surface area (Å²) >= 11 is 1.66. The smallest absolute Gasteiger partial charge is 0.228 e. The number of nitrogens with one attached hydrogen (secondary N) is 1. The van der Waals surface area contributed by atoms with Crippen LogP contribution in [0.3, 0.4) is 0 Å². The molecule has 1 aromatic rings. The van der Waals surface area contributed by atoms with Crippen LogP contribution in [0.5, 0.6) is 0 Å². The molecule has 0 spiro atoms. The van der Waals surface area contributed by atoms with Gasteiger partial charge in [-0.15, -0.1) is 11.8 Å². The third kappa shape index (κ3) is 3.59. The number of carbonyl (C=O) groups excluding carboxylic acids is 2. The molecule has 0 saturated carbocycles. The molecule has 1 N–H and O–H groups in total.